The number of carbonyl (C=O) groups excluding carboxylic acids is 1. The topological polar surface area (TPSA) is 79.3 Å². The minimum Gasteiger partial charge on any atom is -0.481 e. The Morgan fingerprint density at radius 3 is 2.56 bits per heavy atom. The first-order valence-corrected chi connectivity index (χ1v) is 6.82. The molecule has 0 aliphatic rings. The normalized spacial score (nSPS) is 10.3. The lowest BCUT2D eigenvalue weighted by Crippen LogP contribution is -2.11. The van der Waals surface area contributed by atoms with Crippen molar-refractivity contribution < 1.29 is 14.7 Å². The minimum atomic E-state index is -0.821. The average Bonchev–Trinajstić information content (AvgIpc) is 2.64. The smallest absolute Gasteiger partial charge is 0.303 e. The number of unbranched alkanes of at least 4 members (excludes halogenated alkanes) is 1. The van der Waals surface area contributed by atoms with Crippen LogP contribution >= 0.6 is 11.3 Å². The van der Waals surface area contributed by atoms with E-state index in [1.54, 1.807) is 0 Å². The number of carbonyl (C=O) groups is 2. The van der Waals surface area contributed by atoms with E-state index in [-0.39, 0.29) is 12.3 Å². The van der Waals surface area contributed by atoms with Gasteiger partial charge in [-0.2, -0.15) is 0 Å². The predicted octanol–water partition coefficient (Wildman–Crippen LogP) is 2.60. The number of hydrogen-bond donors (Lipinski definition) is 2. The van der Waals surface area contributed by atoms with Gasteiger partial charge in [0.15, 0.2) is 5.13 Å². The molecule has 0 saturated carbocycles. The van der Waals surface area contributed by atoms with Gasteiger partial charge in [0.2, 0.25) is 5.91 Å². The van der Waals surface area contributed by atoms with Gasteiger partial charge in [0, 0.05) is 17.7 Å². The first kappa shape index (κ1) is 14.6. The highest BCUT2D eigenvalue weighted by Gasteiger charge is 2.09. The quantitative estimate of drug-likeness (QED) is 0.746. The third kappa shape index (κ3) is 4.83. The van der Waals surface area contributed by atoms with Crippen molar-refractivity contribution >= 4 is 28.3 Å². The summed E-state index contributed by atoms with van der Waals surface area (Å²) in [6.07, 6.45) is 2.43. The Labute approximate surface area is 110 Å². The van der Waals surface area contributed by atoms with E-state index in [1.807, 2.05) is 13.8 Å². The second-order valence-electron chi connectivity index (χ2n) is 4.02. The third-order valence-electron chi connectivity index (χ3n) is 2.52. The summed E-state index contributed by atoms with van der Waals surface area (Å²) in [4.78, 5) is 27.3. The van der Waals surface area contributed by atoms with Crippen molar-refractivity contribution in [3.63, 3.8) is 0 Å². The van der Waals surface area contributed by atoms with Gasteiger partial charge in [-0.25, -0.2) is 4.98 Å². The van der Waals surface area contributed by atoms with Gasteiger partial charge in [0.1, 0.15) is 0 Å². The molecule has 1 heterocycles. The highest BCUT2D eigenvalue weighted by Crippen LogP contribution is 2.22. The van der Waals surface area contributed by atoms with Gasteiger partial charge in [-0.15, -0.1) is 11.3 Å². The van der Waals surface area contributed by atoms with E-state index in [0.29, 0.717) is 24.4 Å². The lowest BCUT2D eigenvalue weighted by Gasteiger charge is -2.00. The molecule has 6 heteroatoms. The second-order valence-corrected chi connectivity index (χ2v) is 5.23. The van der Waals surface area contributed by atoms with Crippen LogP contribution in [0.15, 0.2) is 0 Å². The van der Waals surface area contributed by atoms with Crippen molar-refractivity contribution in [2.24, 2.45) is 0 Å². The van der Waals surface area contributed by atoms with E-state index in [4.69, 9.17) is 5.11 Å². The number of amides is 1. The molecule has 0 saturated heterocycles. The molecule has 0 radical (unpaired) electrons. The summed E-state index contributed by atoms with van der Waals surface area (Å²) in [5, 5.41) is 11.8. The van der Waals surface area contributed by atoms with E-state index in [0.717, 1.165) is 17.0 Å². The summed E-state index contributed by atoms with van der Waals surface area (Å²) in [6, 6.07) is 0. The summed E-state index contributed by atoms with van der Waals surface area (Å²) in [5.41, 5.74) is 1.01. The number of thiazole rings is 1. The van der Waals surface area contributed by atoms with Crippen LogP contribution < -0.4 is 5.32 Å². The van der Waals surface area contributed by atoms with Crippen LogP contribution in [0, 0.1) is 6.92 Å². The van der Waals surface area contributed by atoms with Crippen LogP contribution in [0.2, 0.25) is 0 Å². The van der Waals surface area contributed by atoms with Crippen LogP contribution in [0.25, 0.3) is 0 Å². The maximum absolute atomic E-state index is 11.6. The van der Waals surface area contributed by atoms with Crippen LogP contribution in [-0.4, -0.2) is 22.0 Å². The number of nitrogens with zero attached hydrogens (tertiary/aromatic N) is 1. The Kier molecular flexibility index (Phi) is 5.77. The first-order chi connectivity index (χ1) is 8.52. The number of aryl methyl sites for hydroxylation is 2. The number of nitrogens with one attached hydrogen (secondary N) is 1. The van der Waals surface area contributed by atoms with Gasteiger partial charge in [-0.3, -0.25) is 9.59 Å². The molecule has 0 aliphatic heterocycles. The molecular weight excluding hydrogens is 252 g/mol. The van der Waals surface area contributed by atoms with Gasteiger partial charge < -0.3 is 10.4 Å². The van der Waals surface area contributed by atoms with Gasteiger partial charge in [0.05, 0.1) is 5.69 Å². The van der Waals surface area contributed by atoms with E-state index < -0.39 is 5.97 Å². The summed E-state index contributed by atoms with van der Waals surface area (Å²) < 4.78 is 0. The third-order valence-corrected chi connectivity index (χ3v) is 3.45. The van der Waals surface area contributed by atoms with Crippen molar-refractivity contribution in [3.05, 3.63) is 10.6 Å². The molecule has 5 nitrogen and oxygen atoms in total. The molecule has 0 unspecified atom stereocenters. The molecular formula is C12H18N2O3S. The summed E-state index contributed by atoms with van der Waals surface area (Å²) >= 11 is 1.47. The van der Waals surface area contributed by atoms with Crippen LogP contribution in [0.4, 0.5) is 5.13 Å². The molecule has 0 aromatic carbocycles. The summed E-state index contributed by atoms with van der Waals surface area (Å²) in [7, 11) is 0. The zero-order valence-corrected chi connectivity index (χ0v) is 11.5. The Bertz CT molecular complexity index is 429. The molecule has 2 N–H and O–H groups in total. The number of carboxylic acid groups (broad SMARTS) is 1. The molecule has 1 aromatic rings. The molecule has 0 fully saturated rings. The molecule has 18 heavy (non-hydrogen) atoms. The molecule has 0 atom stereocenters. The van der Waals surface area contributed by atoms with Crippen molar-refractivity contribution in [2.75, 3.05) is 5.32 Å². The van der Waals surface area contributed by atoms with Crippen molar-refractivity contribution in [1.29, 1.82) is 0 Å². The number of carboxylic acids is 1. The maximum Gasteiger partial charge on any atom is 0.303 e. The van der Waals surface area contributed by atoms with E-state index in [9.17, 15) is 9.59 Å². The number of aliphatic carboxylic acids is 1. The average molecular weight is 270 g/mol. The lowest BCUT2D eigenvalue weighted by atomic mass is 10.2. The SMILES string of the molecule is CCc1nc(NC(=O)CCCCC(=O)O)sc1C. The van der Waals surface area contributed by atoms with Crippen LogP contribution in [0.1, 0.15) is 43.2 Å². The predicted molar refractivity (Wildman–Crippen MR) is 71.0 cm³/mol. The van der Waals surface area contributed by atoms with Crippen LogP contribution in [-0.2, 0) is 16.0 Å². The van der Waals surface area contributed by atoms with Crippen LogP contribution in [0.5, 0.6) is 0 Å². The monoisotopic (exact) mass is 270 g/mol. The first-order valence-electron chi connectivity index (χ1n) is 6.01. The molecule has 0 aliphatic carbocycles. The summed E-state index contributed by atoms with van der Waals surface area (Å²) in [5.74, 6) is -0.921. The zero-order chi connectivity index (χ0) is 13.5. The molecule has 0 spiro atoms. The van der Waals surface area contributed by atoms with E-state index in [1.165, 1.54) is 11.3 Å². The Morgan fingerprint density at radius 1 is 1.33 bits per heavy atom. The molecule has 100 valence electrons. The van der Waals surface area contributed by atoms with Gasteiger partial charge in [-0.1, -0.05) is 6.92 Å². The van der Waals surface area contributed by atoms with Gasteiger partial charge in [-0.05, 0) is 26.2 Å². The number of aromatic nitrogens is 1. The van der Waals surface area contributed by atoms with Crippen molar-refractivity contribution in [1.82, 2.24) is 4.98 Å². The fourth-order valence-electron chi connectivity index (χ4n) is 1.55. The number of hydrogen-bond acceptors (Lipinski definition) is 4. The fraction of sp³-hybridized carbons (Fsp3) is 0.583. The number of anilines is 1. The van der Waals surface area contributed by atoms with Crippen LogP contribution in [0.3, 0.4) is 0 Å². The zero-order valence-electron chi connectivity index (χ0n) is 10.7. The Morgan fingerprint density at radius 2 is 2.00 bits per heavy atom. The van der Waals surface area contributed by atoms with Gasteiger partial charge in [0.25, 0.3) is 0 Å². The summed E-state index contributed by atoms with van der Waals surface area (Å²) in [6.45, 7) is 4.01. The minimum absolute atomic E-state index is 0.100. The molecule has 1 aromatic heterocycles. The van der Waals surface area contributed by atoms with E-state index in [2.05, 4.69) is 10.3 Å². The van der Waals surface area contributed by atoms with Crippen molar-refractivity contribution in [2.45, 2.75) is 46.0 Å². The lowest BCUT2D eigenvalue weighted by molar-refractivity contribution is -0.137. The van der Waals surface area contributed by atoms with Crippen molar-refractivity contribution in [3.8, 4) is 0 Å². The Balaban J connectivity index is 2.33. The number of rotatable bonds is 7. The molecule has 0 bridgehead atoms. The maximum atomic E-state index is 11.6. The molecule has 1 amide bonds. The molecule has 1 rings (SSSR count). The van der Waals surface area contributed by atoms with Gasteiger partial charge >= 0.3 is 5.97 Å². The fourth-order valence-corrected chi connectivity index (χ4v) is 2.47. The Hall–Kier alpha value is -1.43. The second kappa shape index (κ2) is 7.10. The highest BCUT2D eigenvalue weighted by atomic mass is 32.1. The van der Waals surface area contributed by atoms with E-state index >= 15 is 0 Å². The largest absolute Gasteiger partial charge is 0.481 e. The standard InChI is InChI=1S/C12H18N2O3S/c1-3-9-8(2)18-12(13-9)14-10(15)6-4-5-7-11(16)17/h3-7H2,1-2H3,(H,16,17)(H,13,14,15). The highest BCUT2D eigenvalue weighted by molar-refractivity contribution is 7.15.